The molecule has 1 aliphatic rings. The zero-order chi connectivity index (χ0) is 15.2. The first-order valence-electron chi connectivity index (χ1n) is 6.82. The number of urea groups is 1. The van der Waals surface area contributed by atoms with Gasteiger partial charge in [-0.05, 0) is 30.0 Å². The van der Waals surface area contributed by atoms with Crippen molar-refractivity contribution in [2.24, 2.45) is 5.92 Å². The van der Waals surface area contributed by atoms with Crippen LogP contribution in [0.5, 0.6) is 0 Å². The first-order valence-corrected chi connectivity index (χ1v) is 6.82. The number of carbonyl (C=O) groups excluding carboxylic acids is 1. The SMILES string of the molecule is N#Cc1cccc(CNC(=O)N2CCC(CC(=O)O)C2)c1. The van der Waals surface area contributed by atoms with E-state index < -0.39 is 5.97 Å². The Hall–Kier alpha value is -2.55. The van der Waals surface area contributed by atoms with Crippen molar-refractivity contribution in [1.29, 1.82) is 5.26 Å². The standard InChI is InChI=1S/C15H17N3O3/c16-8-11-2-1-3-12(6-11)9-17-15(21)18-5-4-13(10-18)7-14(19)20/h1-3,6,13H,4-5,7,9-10H2,(H,17,21)(H,19,20). The monoisotopic (exact) mass is 287 g/mol. The van der Waals surface area contributed by atoms with E-state index in [0.29, 0.717) is 25.2 Å². The maximum Gasteiger partial charge on any atom is 0.317 e. The van der Waals surface area contributed by atoms with E-state index >= 15 is 0 Å². The first kappa shape index (κ1) is 14.9. The molecule has 21 heavy (non-hydrogen) atoms. The van der Waals surface area contributed by atoms with Crippen molar-refractivity contribution in [3.05, 3.63) is 35.4 Å². The molecule has 2 rings (SSSR count). The van der Waals surface area contributed by atoms with Crippen molar-refractivity contribution < 1.29 is 14.7 Å². The molecule has 1 aromatic rings. The molecule has 0 radical (unpaired) electrons. The molecule has 1 saturated heterocycles. The summed E-state index contributed by atoms with van der Waals surface area (Å²) in [6, 6.07) is 8.93. The second kappa shape index (κ2) is 6.75. The third-order valence-electron chi connectivity index (χ3n) is 3.54. The van der Waals surface area contributed by atoms with E-state index in [2.05, 4.69) is 11.4 Å². The molecule has 1 aliphatic heterocycles. The Morgan fingerprint density at radius 3 is 3.00 bits per heavy atom. The van der Waals surface area contributed by atoms with Crippen LogP contribution in [0.3, 0.4) is 0 Å². The van der Waals surface area contributed by atoms with Crippen LogP contribution in [-0.4, -0.2) is 35.1 Å². The second-order valence-electron chi connectivity index (χ2n) is 5.17. The Balaban J connectivity index is 1.82. The molecule has 0 saturated carbocycles. The van der Waals surface area contributed by atoms with E-state index in [4.69, 9.17) is 10.4 Å². The minimum atomic E-state index is -0.824. The Morgan fingerprint density at radius 1 is 1.48 bits per heavy atom. The quantitative estimate of drug-likeness (QED) is 0.878. The Kier molecular flexibility index (Phi) is 4.77. The number of carbonyl (C=O) groups is 2. The highest BCUT2D eigenvalue weighted by Crippen LogP contribution is 2.19. The van der Waals surface area contributed by atoms with E-state index in [1.807, 2.05) is 6.07 Å². The van der Waals surface area contributed by atoms with Crippen LogP contribution in [0.15, 0.2) is 24.3 Å². The second-order valence-corrected chi connectivity index (χ2v) is 5.17. The number of carboxylic acids is 1. The lowest BCUT2D eigenvalue weighted by Gasteiger charge is -2.17. The number of nitrogens with zero attached hydrogens (tertiary/aromatic N) is 2. The molecule has 1 heterocycles. The summed E-state index contributed by atoms with van der Waals surface area (Å²) in [6.07, 6.45) is 0.831. The van der Waals surface area contributed by atoms with Crippen LogP contribution in [0, 0.1) is 17.2 Å². The van der Waals surface area contributed by atoms with E-state index in [1.54, 1.807) is 23.1 Å². The van der Waals surface area contributed by atoms with Gasteiger partial charge in [0, 0.05) is 26.1 Å². The van der Waals surface area contributed by atoms with Crippen LogP contribution in [0.1, 0.15) is 24.0 Å². The largest absolute Gasteiger partial charge is 0.481 e. The lowest BCUT2D eigenvalue weighted by Crippen LogP contribution is -2.38. The van der Waals surface area contributed by atoms with E-state index in [0.717, 1.165) is 12.0 Å². The zero-order valence-corrected chi connectivity index (χ0v) is 11.6. The van der Waals surface area contributed by atoms with Gasteiger partial charge in [-0.2, -0.15) is 5.26 Å². The van der Waals surface area contributed by atoms with Gasteiger partial charge >= 0.3 is 12.0 Å². The summed E-state index contributed by atoms with van der Waals surface area (Å²) in [5.74, 6) is -0.786. The summed E-state index contributed by atoms with van der Waals surface area (Å²) in [6.45, 7) is 1.42. The fourth-order valence-corrected chi connectivity index (χ4v) is 2.47. The van der Waals surface area contributed by atoms with E-state index in [9.17, 15) is 9.59 Å². The summed E-state index contributed by atoms with van der Waals surface area (Å²) in [4.78, 5) is 24.3. The number of benzene rings is 1. The minimum absolute atomic E-state index is 0.0372. The smallest absolute Gasteiger partial charge is 0.317 e. The zero-order valence-electron chi connectivity index (χ0n) is 11.6. The third-order valence-corrected chi connectivity index (χ3v) is 3.54. The van der Waals surface area contributed by atoms with Crippen LogP contribution in [0.2, 0.25) is 0 Å². The van der Waals surface area contributed by atoms with E-state index in [1.165, 1.54) is 0 Å². The Morgan fingerprint density at radius 2 is 2.29 bits per heavy atom. The lowest BCUT2D eigenvalue weighted by molar-refractivity contribution is -0.138. The van der Waals surface area contributed by atoms with Crippen LogP contribution >= 0.6 is 0 Å². The molecule has 0 bridgehead atoms. The van der Waals surface area contributed by atoms with E-state index in [-0.39, 0.29) is 18.4 Å². The normalized spacial score (nSPS) is 17.3. The predicted molar refractivity (Wildman–Crippen MR) is 75.3 cm³/mol. The highest BCUT2D eigenvalue weighted by molar-refractivity contribution is 5.74. The van der Waals surface area contributed by atoms with Crippen LogP contribution in [-0.2, 0) is 11.3 Å². The molecular weight excluding hydrogens is 270 g/mol. The summed E-state index contributed by atoms with van der Waals surface area (Å²) in [7, 11) is 0. The third kappa shape index (κ3) is 4.21. The minimum Gasteiger partial charge on any atom is -0.481 e. The summed E-state index contributed by atoms with van der Waals surface area (Å²) >= 11 is 0. The van der Waals surface area contributed by atoms with Gasteiger partial charge in [0.05, 0.1) is 11.6 Å². The molecule has 0 spiro atoms. The van der Waals surface area contributed by atoms with Gasteiger partial charge in [-0.1, -0.05) is 12.1 Å². The van der Waals surface area contributed by atoms with Gasteiger partial charge in [0.25, 0.3) is 0 Å². The van der Waals surface area contributed by atoms with Crippen molar-refractivity contribution in [3.8, 4) is 6.07 Å². The van der Waals surface area contributed by atoms with Crippen molar-refractivity contribution in [1.82, 2.24) is 10.2 Å². The highest BCUT2D eigenvalue weighted by atomic mass is 16.4. The molecule has 1 fully saturated rings. The number of hydrogen-bond donors (Lipinski definition) is 2. The van der Waals surface area contributed by atoms with Gasteiger partial charge in [-0.25, -0.2) is 4.79 Å². The molecule has 0 aromatic heterocycles. The molecule has 2 N–H and O–H groups in total. The number of nitrogens with one attached hydrogen (secondary N) is 1. The Labute approximate surface area is 123 Å². The van der Waals surface area contributed by atoms with Gasteiger partial charge in [0.15, 0.2) is 0 Å². The maximum absolute atomic E-state index is 12.0. The lowest BCUT2D eigenvalue weighted by atomic mass is 10.1. The molecule has 6 nitrogen and oxygen atoms in total. The number of aliphatic carboxylic acids is 1. The van der Waals surface area contributed by atoms with Crippen molar-refractivity contribution in [2.45, 2.75) is 19.4 Å². The molecule has 110 valence electrons. The van der Waals surface area contributed by atoms with Gasteiger partial charge in [0.1, 0.15) is 0 Å². The highest BCUT2D eigenvalue weighted by Gasteiger charge is 2.27. The van der Waals surface area contributed by atoms with Gasteiger partial charge in [-0.3, -0.25) is 4.79 Å². The fraction of sp³-hybridized carbons (Fsp3) is 0.400. The molecule has 0 aliphatic carbocycles. The molecule has 2 amide bonds. The summed E-state index contributed by atoms with van der Waals surface area (Å²) < 4.78 is 0. The molecule has 1 aromatic carbocycles. The van der Waals surface area contributed by atoms with Crippen molar-refractivity contribution in [2.75, 3.05) is 13.1 Å². The topological polar surface area (TPSA) is 93.4 Å². The van der Waals surface area contributed by atoms with Crippen molar-refractivity contribution in [3.63, 3.8) is 0 Å². The number of hydrogen-bond acceptors (Lipinski definition) is 3. The number of nitriles is 1. The maximum atomic E-state index is 12.0. The predicted octanol–water partition coefficient (Wildman–Crippen LogP) is 1.56. The molecule has 6 heteroatoms. The van der Waals surface area contributed by atoms with Crippen LogP contribution in [0.25, 0.3) is 0 Å². The summed E-state index contributed by atoms with van der Waals surface area (Å²) in [5.41, 5.74) is 1.42. The van der Waals surface area contributed by atoms with Crippen molar-refractivity contribution >= 4 is 12.0 Å². The molecule has 1 atom stereocenters. The van der Waals surface area contributed by atoms with Gasteiger partial charge in [0.2, 0.25) is 0 Å². The van der Waals surface area contributed by atoms with Crippen LogP contribution in [0.4, 0.5) is 4.79 Å². The van der Waals surface area contributed by atoms with Crippen LogP contribution < -0.4 is 5.32 Å². The number of amides is 2. The molecule has 1 unspecified atom stereocenters. The average molecular weight is 287 g/mol. The average Bonchev–Trinajstić information content (AvgIpc) is 2.92. The molecular formula is C15H17N3O3. The number of rotatable bonds is 4. The number of carboxylic acid groups (broad SMARTS) is 1. The first-order chi connectivity index (χ1) is 10.1. The Bertz CT molecular complexity index is 580. The summed E-state index contributed by atoms with van der Waals surface area (Å²) in [5, 5.41) is 20.4. The fourth-order valence-electron chi connectivity index (χ4n) is 2.47. The van der Waals surface area contributed by atoms with Gasteiger partial charge < -0.3 is 15.3 Å². The van der Waals surface area contributed by atoms with Gasteiger partial charge in [-0.15, -0.1) is 0 Å². The number of likely N-dealkylation sites (tertiary alicyclic amines) is 1.